The van der Waals surface area contributed by atoms with Crippen LogP contribution in [0.5, 0.6) is 0 Å². The summed E-state index contributed by atoms with van der Waals surface area (Å²) in [4.78, 5) is 10.7. The maximum Gasteiger partial charge on any atom is 0.330 e. The van der Waals surface area contributed by atoms with Crippen molar-refractivity contribution in [2.75, 3.05) is 13.2 Å². The third kappa shape index (κ3) is 3.16. The molecule has 4 nitrogen and oxygen atoms in total. The van der Waals surface area contributed by atoms with Crippen molar-refractivity contribution in [3.8, 4) is 0 Å². The molecule has 1 aliphatic rings. The summed E-state index contributed by atoms with van der Waals surface area (Å²) in [5, 5.41) is 0. The van der Waals surface area contributed by atoms with Crippen LogP contribution in [0, 0.1) is 0 Å². The molecule has 0 saturated carbocycles. The predicted octanol–water partition coefficient (Wildman–Crippen LogP) is 0.867. The molecule has 0 bridgehead atoms. The average Bonchev–Trinajstić information content (AvgIpc) is 2.41. The van der Waals surface area contributed by atoms with Crippen molar-refractivity contribution < 1.29 is 19.0 Å². The Morgan fingerprint density at radius 1 is 1.77 bits per heavy atom. The van der Waals surface area contributed by atoms with Gasteiger partial charge < -0.3 is 14.2 Å². The number of hydrogen-bond acceptors (Lipinski definition) is 4. The fourth-order valence-corrected chi connectivity index (χ4v) is 1.08. The molecule has 1 atom stereocenters. The van der Waals surface area contributed by atoms with Gasteiger partial charge in [-0.25, -0.2) is 4.79 Å². The van der Waals surface area contributed by atoms with Gasteiger partial charge in [-0.05, 0) is 13.8 Å². The normalized spacial score (nSPS) is 25.5. The Labute approximate surface area is 77.5 Å². The summed E-state index contributed by atoms with van der Waals surface area (Å²) in [6.45, 7) is 7.60. The Kier molecular flexibility index (Phi) is 3.06. The van der Waals surface area contributed by atoms with Crippen LogP contribution in [0.2, 0.25) is 0 Å². The molecule has 0 aliphatic carbocycles. The molecular formula is C9H14O4. The maximum absolute atomic E-state index is 10.7. The Balaban J connectivity index is 2.25. The highest BCUT2D eigenvalue weighted by Crippen LogP contribution is 2.22. The molecule has 0 radical (unpaired) electrons. The number of carbonyl (C=O) groups excluding carboxylic acids is 1. The Bertz CT molecular complexity index is 210. The summed E-state index contributed by atoms with van der Waals surface area (Å²) in [6.07, 6.45) is 0.958. The zero-order valence-corrected chi connectivity index (χ0v) is 7.91. The summed E-state index contributed by atoms with van der Waals surface area (Å²) in [5.74, 6) is -1.00. The van der Waals surface area contributed by atoms with Gasteiger partial charge in [-0.15, -0.1) is 0 Å². The van der Waals surface area contributed by atoms with Gasteiger partial charge in [0.2, 0.25) is 0 Å². The fourth-order valence-electron chi connectivity index (χ4n) is 1.08. The lowest BCUT2D eigenvalue weighted by Crippen LogP contribution is -2.24. The Hall–Kier alpha value is -0.870. The van der Waals surface area contributed by atoms with Crippen molar-refractivity contribution in [1.29, 1.82) is 0 Å². The second-order valence-electron chi connectivity index (χ2n) is 3.28. The first kappa shape index (κ1) is 10.2. The van der Waals surface area contributed by atoms with E-state index in [1.165, 1.54) is 0 Å². The van der Waals surface area contributed by atoms with Crippen molar-refractivity contribution in [3.63, 3.8) is 0 Å². The molecule has 13 heavy (non-hydrogen) atoms. The number of ether oxygens (including phenoxy) is 3. The summed E-state index contributed by atoms with van der Waals surface area (Å²) >= 11 is 0. The van der Waals surface area contributed by atoms with E-state index in [2.05, 4.69) is 6.58 Å². The van der Waals surface area contributed by atoms with Gasteiger partial charge in [0.05, 0.1) is 6.61 Å². The van der Waals surface area contributed by atoms with Crippen molar-refractivity contribution in [1.82, 2.24) is 0 Å². The molecule has 1 heterocycles. The number of esters is 1. The predicted molar refractivity (Wildman–Crippen MR) is 46.1 cm³/mol. The lowest BCUT2D eigenvalue weighted by Gasteiger charge is -2.16. The standard InChI is InChI=1S/C9H14O4/c1-4-8(10)11-5-7-6-12-9(2,3)13-7/h4,7H,1,5-6H2,2-3H3. The molecule has 74 valence electrons. The monoisotopic (exact) mass is 186 g/mol. The average molecular weight is 186 g/mol. The van der Waals surface area contributed by atoms with E-state index >= 15 is 0 Å². The van der Waals surface area contributed by atoms with Gasteiger partial charge >= 0.3 is 5.97 Å². The number of rotatable bonds is 3. The van der Waals surface area contributed by atoms with E-state index in [4.69, 9.17) is 14.2 Å². The molecule has 0 spiro atoms. The van der Waals surface area contributed by atoms with Gasteiger partial charge in [-0.3, -0.25) is 0 Å². The van der Waals surface area contributed by atoms with Crippen molar-refractivity contribution in [3.05, 3.63) is 12.7 Å². The first-order chi connectivity index (χ1) is 6.03. The van der Waals surface area contributed by atoms with Crippen LogP contribution in [0.3, 0.4) is 0 Å². The first-order valence-corrected chi connectivity index (χ1v) is 4.14. The first-order valence-electron chi connectivity index (χ1n) is 4.14. The Morgan fingerprint density at radius 2 is 2.46 bits per heavy atom. The smallest absolute Gasteiger partial charge is 0.330 e. The molecule has 0 N–H and O–H groups in total. The van der Waals surface area contributed by atoms with Crippen molar-refractivity contribution in [2.24, 2.45) is 0 Å². The van der Waals surface area contributed by atoms with Crippen LogP contribution in [0.15, 0.2) is 12.7 Å². The van der Waals surface area contributed by atoms with E-state index in [9.17, 15) is 4.79 Å². The molecule has 1 saturated heterocycles. The van der Waals surface area contributed by atoms with Gasteiger partial charge in [0.25, 0.3) is 0 Å². The third-order valence-electron chi connectivity index (χ3n) is 1.65. The van der Waals surface area contributed by atoms with Crippen LogP contribution in [0.25, 0.3) is 0 Å². The van der Waals surface area contributed by atoms with Crippen molar-refractivity contribution in [2.45, 2.75) is 25.7 Å². The summed E-state index contributed by atoms with van der Waals surface area (Å²) in [5.41, 5.74) is 0. The summed E-state index contributed by atoms with van der Waals surface area (Å²) < 4.78 is 15.5. The molecule has 0 aromatic carbocycles. The largest absolute Gasteiger partial charge is 0.460 e. The zero-order chi connectivity index (χ0) is 9.90. The minimum absolute atomic E-state index is 0.168. The second kappa shape index (κ2) is 3.89. The molecule has 0 amide bonds. The maximum atomic E-state index is 10.7. The second-order valence-corrected chi connectivity index (χ2v) is 3.28. The summed E-state index contributed by atoms with van der Waals surface area (Å²) in [7, 11) is 0. The van der Waals surface area contributed by atoms with E-state index < -0.39 is 11.8 Å². The molecular weight excluding hydrogens is 172 g/mol. The molecule has 0 aromatic rings. The molecule has 1 fully saturated rings. The minimum atomic E-state index is -0.564. The van der Waals surface area contributed by atoms with E-state index in [-0.39, 0.29) is 12.7 Å². The Morgan fingerprint density at radius 3 is 2.92 bits per heavy atom. The summed E-state index contributed by atoms with van der Waals surface area (Å²) in [6, 6.07) is 0. The van der Waals surface area contributed by atoms with E-state index in [1.807, 2.05) is 13.8 Å². The molecule has 1 unspecified atom stereocenters. The molecule has 1 rings (SSSR count). The highest BCUT2D eigenvalue weighted by atomic mass is 16.7. The zero-order valence-electron chi connectivity index (χ0n) is 7.91. The van der Waals surface area contributed by atoms with Crippen LogP contribution in [-0.2, 0) is 19.0 Å². The van der Waals surface area contributed by atoms with Crippen LogP contribution >= 0.6 is 0 Å². The third-order valence-corrected chi connectivity index (χ3v) is 1.65. The SMILES string of the molecule is C=CC(=O)OCC1COC(C)(C)O1. The highest BCUT2D eigenvalue weighted by Gasteiger charge is 2.33. The van der Waals surface area contributed by atoms with E-state index in [1.54, 1.807) is 0 Å². The quantitative estimate of drug-likeness (QED) is 0.484. The van der Waals surface area contributed by atoms with Crippen LogP contribution < -0.4 is 0 Å². The molecule has 4 heteroatoms. The minimum Gasteiger partial charge on any atom is -0.460 e. The van der Waals surface area contributed by atoms with Gasteiger partial charge in [0.1, 0.15) is 12.7 Å². The van der Waals surface area contributed by atoms with Crippen LogP contribution in [0.4, 0.5) is 0 Å². The van der Waals surface area contributed by atoms with Gasteiger partial charge in [0.15, 0.2) is 5.79 Å². The topological polar surface area (TPSA) is 44.8 Å². The van der Waals surface area contributed by atoms with Crippen LogP contribution in [0.1, 0.15) is 13.8 Å². The van der Waals surface area contributed by atoms with Gasteiger partial charge in [-0.2, -0.15) is 0 Å². The van der Waals surface area contributed by atoms with Gasteiger partial charge in [0, 0.05) is 6.08 Å². The fraction of sp³-hybridized carbons (Fsp3) is 0.667. The van der Waals surface area contributed by atoms with Crippen LogP contribution in [-0.4, -0.2) is 31.1 Å². The van der Waals surface area contributed by atoms with Crippen molar-refractivity contribution >= 4 is 5.97 Å². The lowest BCUT2D eigenvalue weighted by molar-refractivity contribution is -0.154. The van der Waals surface area contributed by atoms with E-state index in [0.29, 0.717) is 6.61 Å². The lowest BCUT2D eigenvalue weighted by atomic mass is 10.4. The highest BCUT2D eigenvalue weighted by molar-refractivity contribution is 5.81. The number of hydrogen-bond donors (Lipinski definition) is 0. The van der Waals surface area contributed by atoms with E-state index in [0.717, 1.165) is 6.08 Å². The number of carbonyl (C=O) groups is 1. The van der Waals surface area contributed by atoms with Gasteiger partial charge in [-0.1, -0.05) is 6.58 Å². The molecule has 0 aromatic heterocycles. The molecule has 1 aliphatic heterocycles.